The van der Waals surface area contributed by atoms with Crippen LogP contribution >= 0.6 is 0 Å². The highest BCUT2D eigenvalue weighted by Gasteiger charge is 2.47. The number of fused-ring (bicyclic) bond motifs is 20. The Hall–Kier alpha value is -9.78. The predicted octanol–water partition coefficient (Wildman–Crippen LogP) is 20.0. The number of benzene rings is 11. The topological polar surface area (TPSA) is 59.0 Å². The monoisotopic (exact) mass is 962 g/mol. The van der Waals surface area contributed by atoms with E-state index < -0.39 is 0 Å². The van der Waals surface area contributed by atoms with Gasteiger partial charge in [-0.25, -0.2) is 0 Å². The maximum absolute atomic E-state index is 7.27. The van der Waals surface area contributed by atoms with E-state index in [9.17, 15) is 0 Å². The fourth-order valence-electron chi connectivity index (χ4n) is 13.2. The summed E-state index contributed by atoms with van der Waals surface area (Å²) in [5, 5.41) is 8.53. The molecule has 0 fully saturated rings. The first-order chi connectivity index (χ1) is 37.1. The van der Waals surface area contributed by atoms with E-state index in [0.717, 1.165) is 166 Å². The van der Waals surface area contributed by atoms with Gasteiger partial charge < -0.3 is 27.5 Å². The van der Waals surface area contributed by atoms with Gasteiger partial charge in [-0.2, -0.15) is 0 Å². The summed E-state index contributed by atoms with van der Waals surface area (Å²) in [5.41, 5.74) is 23.3. The molecule has 4 aromatic heterocycles. The maximum atomic E-state index is 7.27. The Balaban J connectivity index is 1.03. The number of anilines is 6. The molecule has 2 aliphatic carbocycles. The second kappa shape index (κ2) is 14.9. The molecule has 6 nitrogen and oxygen atoms in total. The zero-order valence-corrected chi connectivity index (χ0v) is 40.8. The lowest BCUT2D eigenvalue weighted by molar-refractivity contribution is 0.656. The van der Waals surface area contributed by atoms with Crippen LogP contribution < -0.4 is 9.80 Å². The molecule has 0 spiro atoms. The SMILES string of the molecule is Cc1ccccc1N(c1cc2c(oc3ccccc32)c2c1-c1cccc3c1C2c1c-3c(N(c2ccccc2C)c2cccc3c2oc2ccccc23)cc2c1oc1ccccc12)c1cccc2c1oc1ccccc12. The molecule has 15 aromatic rings. The van der Waals surface area contributed by atoms with Crippen LogP contribution in [-0.2, 0) is 0 Å². The van der Waals surface area contributed by atoms with Crippen LogP contribution in [0.3, 0.4) is 0 Å². The van der Waals surface area contributed by atoms with Crippen molar-refractivity contribution in [3.05, 3.63) is 240 Å². The molecule has 6 heteroatoms. The van der Waals surface area contributed by atoms with Crippen molar-refractivity contribution in [2.45, 2.75) is 19.8 Å². The van der Waals surface area contributed by atoms with Crippen molar-refractivity contribution >= 4 is 122 Å². The molecule has 0 saturated carbocycles. The predicted molar refractivity (Wildman–Crippen MR) is 306 cm³/mol. The Morgan fingerprint density at radius 1 is 0.280 bits per heavy atom. The molecule has 0 saturated heterocycles. The summed E-state index contributed by atoms with van der Waals surface area (Å²) < 4.78 is 28.4. The van der Waals surface area contributed by atoms with Gasteiger partial charge in [-0.15, -0.1) is 0 Å². The molecule has 4 heterocycles. The highest BCUT2D eigenvalue weighted by atomic mass is 16.3. The van der Waals surface area contributed by atoms with Crippen LogP contribution in [0.4, 0.5) is 34.1 Å². The molecule has 0 aliphatic heterocycles. The molecular weight excluding hydrogens is 921 g/mol. The van der Waals surface area contributed by atoms with Crippen molar-refractivity contribution in [3.8, 4) is 22.3 Å². The highest BCUT2D eigenvalue weighted by Crippen LogP contribution is 2.67. The average molecular weight is 963 g/mol. The van der Waals surface area contributed by atoms with Crippen LogP contribution in [-0.4, -0.2) is 0 Å². The number of rotatable bonds is 6. The van der Waals surface area contributed by atoms with Crippen LogP contribution in [0.5, 0.6) is 0 Å². The molecule has 17 rings (SSSR count). The fraction of sp³-hybridized carbons (Fsp3) is 0.0435. The lowest BCUT2D eigenvalue weighted by Gasteiger charge is -2.31. The summed E-state index contributed by atoms with van der Waals surface area (Å²) in [6.07, 6.45) is 0. The van der Waals surface area contributed by atoms with Crippen LogP contribution in [0.15, 0.2) is 230 Å². The summed E-state index contributed by atoms with van der Waals surface area (Å²) in [6, 6.07) is 75.8. The fourth-order valence-corrected chi connectivity index (χ4v) is 13.2. The molecule has 0 atom stereocenters. The van der Waals surface area contributed by atoms with Gasteiger partial charge in [0, 0.05) is 82.6 Å². The minimum absolute atomic E-state index is 0.270. The van der Waals surface area contributed by atoms with E-state index in [4.69, 9.17) is 17.7 Å². The van der Waals surface area contributed by atoms with Gasteiger partial charge in [0.05, 0.1) is 22.7 Å². The zero-order chi connectivity index (χ0) is 49.2. The first-order valence-corrected chi connectivity index (χ1v) is 25.7. The first-order valence-electron chi connectivity index (χ1n) is 25.7. The molecule has 0 unspecified atom stereocenters. The van der Waals surface area contributed by atoms with Crippen molar-refractivity contribution in [1.82, 2.24) is 0 Å². The van der Waals surface area contributed by atoms with Gasteiger partial charge in [0.25, 0.3) is 0 Å². The number of hydrogen-bond acceptors (Lipinski definition) is 6. The molecule has 0 radical (unpaired) electrons. The second-order valence-electron chi connectivity index (χ2n) is 20.3. The molecule has 75 heavy (non-hydrogen) atoms. The van der Waals surface area contributed by atoms with Crippen molar-refractivity contribution in [2.24, 2.45) is 0 Å². The third kappa shape index (κ3) is 5.42. The maximum Gasteiger partial charge on any atom is 0.159 e. The largest absolute Gasteiger partial charge is 0.456 e. The van der Waals surface area contributed by atoms with Crippen LogP contribution in [0.1, 0.15) is 33.7 Å². The normalized spacial score (nSPS) is 12.9. The quantitative estimate of drug-likeness (QED) is 0.165. The van der Waals surface area contributed by atoms with Gasteiger partial charge in [-0.1, -0.05) is 152 Å². The van der Waals surface area contributed by atoms with Crippen molar-refractivity contribution in [2.75, 3.05) is 9.80 Å². The highest BCUT2D eigenvalue weighted by molar-refractivity contribution is 6.21. The molecule has 0 amide bonds. The summed E-state index contributed by atoms with van der Waals surface area (Å²) in [5.74, 6) is -0.270. The zero-order valence-electron chi connectivity index (χ0n) is 40.8. The summed E-state index contributed by atoms with van der Waals surface area (Å²) in [4.78, 5) is 4.89. The van der Waals surface area contributed by atoms with Gasteiger partial charge in [0.1, 0.15) is 33.5 Å². The summed E-state index contributed by atoms with van der Waals surface area (Å²) >= 11 is 0. The minimum Gasteiger partial charge on any atom is -0.456 e. The van der Waals surface area contributed by atoms with Gasteiger partial charge >= 0.3 is 0 Å². The summed E-state index contributed by atoms with van der Waals surface area (Å²) in [6.45, 7) is 4.40. The average Bonchev–Trinajstić information content (AvgIpc) is 4.49. The lowest BCUT2D eigenvalue weighted by Crippen LogP contribution is -2.14. The van der Waals surface area contributed by atoms with E-state index in [2.05, 4.69) is 224 Å². The molecular formula is C69H42N2O4. The van der Waals surface area contributed by atoms with Gasteiger partial charge in [-0.3, -0.25) is 0 Å². The Labute approximate surface area is 429 Å². The van der Waals surface area contributed by atoms with Crippen molar-refractivity contribution < 1.29 is 17.7 Å². The lowest BCUT2D eigenvalue weighted by atomic mass is 9.88. The molecule has 352 valence electrons. The first kappa shape index (κ1) is 40.8. The number of nitrogens with zero attached hydrogens (tertiary/aromatic N) is 2. The van der Waals surface area contributed by atoms with E-state index in [-0.39, 0.29) is 5.92 Å². The van der Waals surface area contributed by atoms with Gasteiger partial charge in [0.2, 0.25) is 0 Å². The van der Waals surface area contributed by atoms with E-state index in [1.807, 2.05) is 12.1 Å². The summed E-state index contributed by atoms with van der Waals surface area (Å²) in [7, 11) is 0. The number of hydrogen-bond donors (Lipinski definition) is 0. The minimum atomic E-state index is -0.270. The van der Waals surface area contributed by atoms with Crippen molar-refractivity contribution in [1.29, 1.82) is 0 Å². The van der Waals surface area contributed by atoms with E-state index in [0.29, 0.717) is 0 Å². The Kier molecular flexibility index (Phi) is 8.10. The number of para-hydroxylation sites is 8. The second-order valence-corrected chi connectivity index (χ2v) is 20.3. The van der Waals surface area contributed by atoms with Gasteiger partial charge in [0.15, 0.2) is 11.2 Å². The van der Waals surface area contributed by atoms with Crippen LogP contribution in [0.25, 0.3) is 110 Å². The molecule has 0 bridgehead atoms. The molecule has 2 aliphatic rings. The third-order valence-corrected chi connectivity index (χ3v) is 16.3. The van der Waals surface area contributed by atoms with E-state index in [1.165, 1.54) is 5.56 Å². The third-order valence-electron chi connectivity index (χ3n) is 16.3. The van der Waals surface area contributed by atoms with Crippen LogP contribution in [0.2, 0.25) is 0 Å². The molecule has 0 N–H and O–H groups in total. The number of furan rings is 4. The Morgan fingerprint density at radius 3 is 1.04 bits per heavy atom. The number of aryl methyl sites for hydroxylation is 2. The Morgan fingerprint density at radius 2 is 0.613 bits per heavy atom. The standard InChI is InChI=1S/C69H42N2O4/c1-38-18-3-9-28-50(38)70(52-30-16-24-44-40-20-5-11-32-56(40)72-66(44)52)54-36-48-42-22-7-13-34-58(42)74-68(48)64-61(54)46-26-15-27-47-60(46)63(64)65-62(47)55(37-49-43-23-8-14-35-59(43)75-69(49)65)71(51-29-10-4-19-39(51)2)53-31-17-25-45-41-21-6-12-33-57(41)73-67(45)53/h3-37,63H,1-2H3. The smallest absolute Gasteiger partial charge is 0.159 e. The van der Waals surface area contributed by atoms with Crippen molar-refractivity contribution in [3.63, 3.8) is 0 Å². The Bertz CT molecular complexity index is 4660. The van der Waals surface area contributed by atoms with E-state index in [1.54, 1.807) is 0 Å². The van der Waals surface area contributed by atoms with Crippen LogP contribution in [0, 0.1) is 13.8 Å². The molecule has 11 aromatic carbocycles. The van der Waals surface area contributed by atoms with Gasteiger partial charge in [-0.05, 0) is 102 Å². The van der Waals surface area contributed by atoms with E-state index >= 15 is 0 Å².